The number of nitrogens with zero attached hydrogens (tertiary/aromatic N) is 1. The Labute approximate surface area is 132 Å². The normalized spacial score (nSPS) is 24.0. The van der Waals surface area contributed by atoms with E-state index in [0.29, 0.717) is 19.0 Å². The zero-order chi connectivity index (χ0) is 14.1. The highest BCUT2D eigenvalue weighted by Crippen LogP contribution is 2.34. The third kappa shape index (κ3) is 3.50. The maximum atomic E-state index is 12.6. The van der Waals surface area contributed by atoms with Crippen molar-refractivity contribution in [3.63, 3.8) is 0 Å². The van der Waals surface area contributed by atoms with Crippen molar-refractivity contribution in [1.82, 2.24) is 5.32 Å². The zero-order valence-electron chi connectivity index (χ0n) is 12.6. The standard InChI is InChI=1S/C16H22N2O2.ClH/c1-11-5-6-14-15(8-11)20-12(2)10-18(14)16(19)9-13-4-3-7-17-13;/h5-6,8,12-13,17H,3-4,7,9-10H2,1-2H3;1H. The van der Waals surface area contributed by atoms with Crippen LogP contribution < -0.4 is 15.0 Å². The molecule has 1 amide bonds. The van der Waals surface area contributed by atoms with Gasteiger partial charge in [-0.1, -0.05) is 6.07 Å². The van der Waals surface area contributed by atoms with Crippen LogP contribution in [0, 0.1) is 6.92 Å². The van der Waals surface area contributed by atoms with Gasteiger partial charge in [-0.2, -0.15) is 0 Å². The minimum absolute atomic E-state index is 0. The molecular weight excluding hydrogens is 288 g/mol. The molecule has 0 spiro atoms. The molecular formula is C16H23ClN2O2. The van der Waals surface area contributed by atoms with Crippen molar-refractivity contribution >= 4 is 24.0 Å². The van der Waals surface area contributed by atoms with Crippen LogP contribution in [-0.4, -0.2) is 31.1 Å². The molecule has 3 rings (SSSR count). The molecule has 1 N–H and O–H groups in total. The number of anilines is 1. The van der Waals surface area contributed by atoms with E-state index in [1.165, 1.54) is 6.42 Å². The number of nitrogens with one attached hydrogen (secondary N) is 1. The van der Waals surface area contributed by atoms with Gasteiger partial charge in [0.25, 0.3) is 0 Å². The Hall–Kier alpha value is -1.26. The number of benzene rings is 1. The first-order valence-corrected chi connectivity index (χ1v) is 7.44. The topological polar surface area (TPSA) is 41.6 Å². The van der Waals surface area contributed by atoms with Crippen molar-refractivity contribution in [3.8, 4) is 5.75 Å². The predicted octanol–water partition coefficient (Wildman–Crippen LogP) is 2.67. The summed E-state index contributed by atoms with van der Waals surface area (Å²) in [4.78, 5) is 14.5. The molecule has 0 aromatic heterocycles. The van der Waals surface area contributed by atoms with E-state index in [4.69, 9.17) is 4.74 Å². The van der Waals surface area contributed by atoms with E-state index in [1.807, 2.05) is 36.9 Å². The fraction of sp³-hybridized carbons (Fsp3) is 0.562. The molecule has 116 valence electrons. The number of carbonyl (C=O) groups is 1. The van der Waals surface area contributed by atoms with Crippen LogP contribution in [-0.2, 0) is 4.79 Å². The van der Waals surface area contributed by atoms with Gasteiger partial charge < -0.3 is 15.0 Å². The smallest absolute Gasteiger partial charge is 0.228 e. The van der Waals surface area contributed by atoms with E-state index >= 15 is 0 Å². The minimum atomic E-state index is 0. The molecule has 1 aromatic carbocycles. The van der Waals surface area contributed by atoms with Crippen LogP contribution in [0.25, 0.3) is 0 Å². The summed E-state index contributed by atoms with van der Waals surface area (Å²) in [7, 11) is 0. The lowest BCUT2D eigenvalue weighted by atomic mass is 10.1. The van der Waals surface area contributed by atoms with Gasteiger partial charge in [-0.15, -0.1) is 12.4 Å². The second-order valence-electron chi connectivity index (χ2n) is 5.90. The summed E-state index contributed by atoms with van der Waals surface area (Å²) in [5.74, 6) is 1.03. The highest BCUT2D eigenvalue weighted by atomic mass is 35.5. The molecule has 0 bridgehead atoms. The van der Waals surface area contributed by atoms with Gasteiger partial charge in [0.15, 0.2) is 0 Å². The van der Waals surface area contributed by atoms with E-state index < -0.39 is 0 Å². The summed E-state index contributed by atoms with van der Waals surface area (Å²) in [6.45, 7) is 5.73. The second-order valence-corrected chi connectivity index (χ2v) is 5.90. The average Bonchev–Trinajstić information content (AvgIpc) is 2.90. The van der Waals surface area contributed by atoms with Gasteiger partial charge in [-0.25, -0.2) is 0 Å². The zero-order valence-corrected chi connectivity index (χ0v) is 13.4. The summed E-state index contributed by atoms with van der Waals surface area (Å²) >= 11 is 0. The number of halogens is 1. The van der Waals surface area contributed by atoms with Crippen LogP contribution in [0.3, 0.4) is 0 Å². The Morgan fingerprint density at radius 2 is 2.29 bits per heavy atom. The SMILES string of the molecule is Cc1ccc2c(c1)OC(C)CN2C(=O)CC1CCCN1.Cl. The lowest BCUT2D eigenvalue weighted by Gasteiger charge is -2.34. The van der Waals surface area contributed by atoms with Crippen LogP contribution in [0.2, 0.25) is 0 Å². The molecule has 1 fully saturated rings. The molecule has 0 aliphatic carbocycles. The number of hydrogen-bond donors (Lipinski definition) is 1. The van der Waals surface area contributed by atoms with Crippen molar-refractivity contribution in [3.05, 3.63) is 23.8 Å². The van der Waals surface area contributed by atoms with Crippen LogP contribution in [0.4, 0.5) is 5.69 Å². The molecule has 0 saturated carbocycles. The maximum absolute atomic E-state index is 12.6. The van der Waals surface area contributed by atoms with Gasteiger partial charge in [0, 0.05) is 12.5 Å². The fourth-order valence-electron chi connectivity index (χ4n) is 3.04. The lowest BCUT2D eigenvalue weighted by molar-refractivity contribution is -0.119. The highest BCUT2D eigenvalue weighted by Gasteiger charge is 2.29. The van der Waals surface area contributed by atoms with Crippen molar-refractivity contribution in [2.75, 3.05) is 18.0 Å². The van der Waals surface area contributed by atoms with Crippen molar-refractivity contribution in [1.29, 1.82) is 0 Å². The molecule has 0 radical (unpaired) electrons. The second kappa shape index (κ2) is 6.67. The van der Waals surface area contributed by atoms with Crippen molar-refractivity contribution < 1.29 is 9.53 Å². The third-order valence-electron chi connectivity index (χ3n) is 4.06. The Morgan fingerprint density at radius 3 is 3.00 bits per heavy atom. The van der Waals surface area contributed by atoms with Gasteiger partial charge in [0.1, 0.15) is 11.9 Å². The first-order valence-electron chi connectivity index (χ1n) is 7.44. The average molecular weight is 311 g/mol. The molecule has 21 heavy (non-hydrogen) atoms. The molecule has 2 unspecified atom stereocenters. The Bertz CT molecular complexity index is 515. The van der Waals surface area contributed by atoms with Gasteiger partial charge in [0.2, 0.25) is 5.91 Å². The van der Waals surface area contributed by atoms with Crippen LogP contribution in [0.5, 0.6) is 5.75 Å². The van der Waals surface area contributed by atoms with Gasteiger partial charge >= 0.3 is 0 Å². The number of aryl methyl sites for hydroxylation is 1. The molecule has 2 heterocycles. The molecule has 5 heteroatoms. The van der Waals surface area contributed by atoms with E-state index in [1.54, 1.807) is 0 Å². The van der Waals surface area contributed by atoms with E-state index in [9.17, 15) is 4.79 Å². The number of amides is 1. The first-order chi connectivity index (χ1) is 9.63. The van der Waals surface area contributed by atoms with Crippen LogP contribution >= 0.6 is 12.4 Å². The summed E-state index contributed by atoms with van der Waals surface area (Å²) in [6.07, 6.45) is 2.91. The summed E-state index contributed by atoms with van der Waals surface area (Å²) in [5, 5.41) is 3.39. The number of ether oxygens (including phenoxy) is 1. The van der Waals surface area contributed by atoms with Crippen molar-refractivity contribution in [2.24, 2.45) is 0 Å². The molecule has 2 atom stereocenters. The number of rotatable bonds is 2. The highest BCUT2D eigenvalue weighted by molar-refractivity contribution is 5.95. The number of carbonyl (C=O) groups excluding carboxylic acids is 1. The molecule has 1 saturated heterocycles. The summed E-state index contributed by atoms with van der Waals surface area (Å²) in [5.41, 5.74) is 2.07. The predicted molar refractivity (Wildman–Crippen MR) is 86.5 cm³/mol. The maximum Gasteiger partial charge on any atom is 0.228 e. The molecule has 4 nitrogen and oxygen atoms in total. The minimum Gasteiger partial charge on any atom is -0.487 e. The van der Waals surface area contributed by atoms with Gasteiger partial charge in [-0.05, 0) is 50.9 Å². The third-order valence-corrected chi connectivity index (χ3v) is 4.06. The Morgan fingerprint density at radius 1 is 1.48 bits per heavy atom. The monoisotopic (exact) mass is 310 g/mol. The quantitative estimate of drug-likeness (QED) is 0.913. The molecule has 1 aromatic rings. The number of hydrogen-bond acceptors (Lipinski definition) is 3. The largest absolute Gasteiger partial charge is 0.487 e. The van der Waals surface area contributed by atoms with E-state index in [-0.39, 0.29) is 24.4 Å². The van der Waals surface area contributed by atoms with Gasteiger partial charge in [-0.3, -0.25) is 4.79 Å². The molecule has 2 aliphatic rings. The fourth-order valence-corrected chi connectivity index (χ4v) is 3.04. The molecule has 2 aliphatic heterocycles. The van der Waals surface area contributed by atoms with Gasteiger partial charge in [0.05, 0.1) is 12.2 Å². The summed E-state index contributed by atoms with van der Waals surface area (Å²) < 4.78 is 5.85. The lowest BCUT2D eigenvalue weighted by Crippen LogP contribution is -2.44. The van der Waals surface area contributed by atoms with E-state index in [0.717, 1.165) is 30.0 Å². The number of fused-ring (bicyclic) bond motifs is 1. The Kier molecular flexibility index (Phi) is 5.12. The first kappa shape index (κ1) is 16.1. The van der Waals surface area contributed by atoms with E-state index in [2.05, 4.69) is 5.32 Å². The Balaban J connectivity index is 0.00000161. The van der Waals surface area contributed by atoms with Crippen LogP contribution in [0.15, 0.2) is 18.2 Å². The summed E-state index contributed by atoms with van der Waals surface area (Å²) in [6, 6.07) is 6.39. The van der Waals surface area contributed by atoms with Crippen LogP contribution in [0.1, 0.15) is 31.7 Å². The van der Waals surface area contributed by atoms with Crippen molar-refractivity contribution in [2.45, 2.75) is 45.3 Å².